The van der Waals surface area contributed by atoms with E-state index in [9.17, 15) is 0 Å². The summed E-state index contributed by atoms with van der Waals surface area (Å²) in [4.78, 5) is 12.6. The molecule has 2 heterocycles. The van der Waals surface area contributed by atoms with Crippen LogP contribution in [0.4, 0.5) is 0 Å². The van der Waals surface area contributed by atoms with E-state index in [2.05, 4.69) is 50.6 Å². The minimum absolute atomic E-state index is 0.762. The van der Waals surface area contributed by atoms with E-state index in [1.54, 1.807) is 0 Å². The summed E-state index contributed by atoms with van der Waals surface area (Å²) in [5, 5.41) is 11.2. The molecule has 27 heavy (non-hydrogen) atoms. The third-order valence-corrected chi connectivity index (χ3v) is 4.34. The molecular weight excluding hydrogens is 338 g/mol. The summed E-state index contributed by atoms with van der Waals surface area (Å²) in [5.41, 5.74) is 4.36. The number of H-pyrrole nitrogens is 1. The second-order valence-corrected chi connectivity index (χ2v) is 6.64. The number of aromatic amines is 1. The molecule has 7 heteroatoms. The lowest BCUT2D eigenvalue weighted by molar-refractivity contribution is 0.567. The van der Waals surface area contributed by atoms with E-state index < -0.39 is 0 Å². The smallest absolute Gasteiger partial charge is 0.191 e. The van der Waals surface area contributed by atoms with Crippen LogP contribution in [0.25, 0.3) is 11.0 Å². The molecule has 0 spiro atoms. The van der Waals surface area contributed by atoms with Crippen LogP contribution < -0.4 is 10.6 Å². The van der Waals surface area contributed by atoms with Crippen LogP contribution in [-0.4, -0.2) is 45.3 Å². The Kier molecular flexibility index (Phi) is 6.46. The van der Waals surface area contributed by atoms with E-state index in [0.29, 0.717) is 0 Å². The van der Waals surface area contributed by atoms with E-state index in [1.165, 1.54) is 5.69 Å². The lowest BCUT2D eigenvalue weighted by atomic mass is 10.3. The minimum atomic E-state index is 0.762. The van der Waals surface area contributed by atoms with Gasteiger partial charge in [-0.2, -0.15) is 5.10 Å². The molecule has 0 bridgehead atoms. The molecule has 3 N–H and O–H groups in total. The van der Waals surface area contributed by atoms with Gasteiger partial charge in [-0.15, -0.1) is 0 Å². The predicted molar refractivity (Wildman–Crippen MR) is 110 cm³/mol. The molecule has 3 aromatic rings. The number of guanidine groups is 1. The minimum Gasteiger partial charge on any atom is -0.357 e. The number of fused-ring (bicyclic) bond motifs is 1. The molecule has 0 atom stereocenters. The molecule has 2 aromatic heterocycles. The van der Waals surface area contributed by atoms with Crippen molar-refractivity contribution in [3.05, 3.63) is 47.5 Å². The van der Waals surface area contributed by atoms with Crippen molar-refractivity contribution in [2.75, 3.05) is 19.6 Å². The van der Waals surface area contributed by atoms with Gasteiger partial charge in [0.05, 0.1) is 16.7 Å². The number of hydrogen-bond donors (Lipinski definition) is 3. The summed E-state index contributed by atoms with van der Waals surface area (Å²) in [5.74, 6) is 1.84. The molecule has 0 amide bonds. The standard InChI is InChI=1S/C20H29N7/c1-4-21-20(22-11-7-13-27-16(3)14-15(2)26-27)23-12-10-19-24-17-8-5-6-9-18(17)25-19/h5-6,8-9,14H,4,7,10-13H2,1-3H3,(H,24,25)(H2,21,22,23). The maximum Gasteiger partial charge on any atom is 0.191 e. The zero-order valence-corrected chi connectivity index (χ0v) is 16.4. The predicted octanol–water partition coefficient (Wildman–Crippen LogP) is 2.56. The summed E-state index contributed by atoms with van der Waals surface area (Å²) in [6.45, 7) is 9.47. The largest absolute Gasteiger partial charge is 0.357 e. The number of aryl methyl sites for hydroxylation is 3. The lowest BCUT2D eigenvalue weighted by Crippen LogP contribution is -2.38. The second-order valence-electron chi connectivity index (χ2n) is 6.64. The molecule has 3 rings (SSSR count). The third kappa shape index (κ3) is 5.32. The van der Waals surface area contributed by atoms with Gasteiger partial charge in [-0.3, -0.25) is 9.67 Å². The van der Waals surface area contributed by atoms with Crippen molar-refractivity contribution in [2.45, 2.75) is 40.2 Å². The van der Waals surface area contributed by atoms with E-state index >= 15 is 0 Å². The number of hydrogen-bond acceptors (Lipinski definition) is 3. The van der Waals surface area contributed by atoms with Gasteiger partial charge in [-0.05, 0) is 45.4 Å². The number of para-hydroxylation sites is 2. The molecule has 0 aliphatic heterocycles. The third-order valence-electron chi connectivity index (χ3n) is 4.34. The normalized spacial score (nSPS) is 11.9. The Morgan fingerprint density at radius 2 is 2.07 bits per heavy atom. The highest BCUT2D eigenvalue weighted by atomic mass is 15.3. The second kappa shape index (κ2) is 9.21. The van der Waals surface area contributed by atoms with Gasteiger partial charge >= 0.3 is 0 Å². The van der Waals surface area contributed by atoms with Crippen LogP contribution in [0.2, 0.25) is 0 Å². The van der Waals surface area contributed by atoms with Gasteiger partial charge in [0.1, 0.15) is 5.82 Å². The number of aliphatic imine (C=N–C) groups is 1. The Labute approximate surface area is 160 Å². The Morgan fingerprint density at radius 1 is 1.22 bits per heavy atom. The molecule has 0 radical (unpaired) electrons. The number of benzene rings is 1. The van der Waals surface area contributed by atoms with Crippen molar-refractivity contribution in [1.29, 1.82) is 0 Å². The van der Waals surface area contributed by atoms with E-state index in [4.69, 9.17) is 0 Å². The molecule has 0 saturated heterocycles. The van der Waals surface area contributed by atoms with Gasteiger partial charge in [0, 0.05) is 38.3 Å². The maximum atomic E-state index is 4.66. The number of nitrogens with one attached hydrogen (secondary N) is 3. The zero-order chi connectivity index (χ0) is 19.1. The zero-order valence-electron chi connectivity index (χ0n) is 16.4. The van der Waals surface area contributed by atoms with Crippen molar-refractivity contribution in [3.63, 3.8) is 0 Å². The highest BCUT2D eigenvalue weighted by molar-refractivity contribution is 5.79. The Hall–Kier alpha value is -2.83. The molecule has 0 aliphatic carbocycles. The summed E-state index contributed by atoms with van der Waals surface area (Å²) in [7, 11) is 0. The number of aromatic nitrogens is 4. The first kappa shape index (κ1) is 18.9. The number of nitrogens with zero attached hydrogens (tertiary/aromatic N) is 4. The van der Waals surface area contributed by atoms with E-state index in [0.717, 1.165) is 67.5 Å². The fraction of sp³-hybridized carbons (Fsp3) is 0.450. The van der Waals surface area contributed by atoms with E-state index in [-0.39, 0.29) is 0 Å². The maximum absolute atomic E-state index is 4.66. The molecule has 0 saturated carbocycles. The number of rotatable bonds is 8. The average molecular weight is 368 g/mol. The molecule has 0 aliphatic rings. The van der Waals surface area contributed by atoms with Crippen LogP contribution in [0.5, 0.6) is 0 Å². The van der Waals surface area contributed by atoms with Gasteiger partial charge in [0.15, 0.2) is 5.96 Å². The first-order valence-electron chi connectivity index (χ1n) is 9.62. The first-order chi connectivity index (χ1) is 13.2. The van der Waals surface area contributed by atoms with Crippen molar-refractivity contribution in [2.24, 2.45) is 4.99 Å². The van der Waals surface area contributed by atoms with Crippen LogP contribution in [-0.2, 0) is 13.0 Å². The Balaban J connectivity index is 1.46. The van der Waals surface area contributed by atoms with E-state index in [1.807, 2.05) is 35.9 Å². The highest BCUT2D eigenvalue weighted by Gasteiger charge is 2.03. The van der Waals surface area contributed by atoms with Crippen LogP contribution in [0, 0.1) is 13.8 Å². The van der Waals surface area contributed by atoms with Crippen LogP contribution in [0.1, 0.15) is 30.6 Å². The van der Waals surface area contributed by atoms with Gasteiger partial charge in [-0.25, -0.2) is 4.98 Å². The van der Waals surface area contributed by atoms with Crippen LogP contribution >= 0.6 is 0 Å². The number of imidazole rings is 1. The van der Waals surface area contributed by atoms with Crippen molar-refractivity contribution < 1.29 is 0 Å². The highest BCUT2D eigenvalue weighted by Crippen LogP contribution is 2.10. The fourth-order valence-electron chi connectivity index (χ4n) is 3.08. The van der Waals surface area contributed by atoms with Crippen molar-refractivity contribution in [3.8, 4) is 0 Å². The van der Waals surface area contributed by atoms with Crippen LogP contribution in [0.3, 0.4) is 0 Å². The summed E-state index contributed by atoms with van der Waals surface area (Å²) in [6, 6.07) is 10.2. The molecule has 0 unspecified atom stereocenters. The summed E-state index contributed by atoms with van der Waals surface area (Å²) in [6.07, 6.45) is 1.78. The summed E-state index contributed by atoms with van der Waals surface area (Å²) < 4.78 is 2.05. The Bertz CT molecular complexity index is 858. The monoisotopic (exact) mass is 367 g/mol. The molecular formula is C20H29N7. The molecule has 0 fully saturated rings. The first-order valence-corrected chi connectivity index (χ1v) is 9.62. The van der Waals surface area contributed by atoms with Crippen molar-refractivity contribution >= 4 is 17.0 Å². The summed E-state index contributed by atoms with van der Waals surface area (Å²) >= 11 is 0. The average Bonchev–Trinajstić information content (AvgIpc) is 3.20. The lowest BCUT2D eigenvalue weighted by Gasteiger charge is -2.10. The molecule has 144 valence electrons. The quantitative estimate of drug-likeness (QED) is 0.325. The van der Waals surface area contributed by atoms with Gasteiger partial charge in [0.2, 0.25) is 0 Å². The Morgan fingerprint density at radius 3 is 2.81 bits per heavy atom. The molecule has 7 nitrogen and oxygen atoms in total. The molecule has 1 aromatic carbocycles. The van der Waals surface area contributed by atoms with Crippen molar-refractivity contribution in [1.82, 2.24) is 30.4 Å². The topological polar surface area (TPSA) is 82.9 Å². The van der Waals surface area contributed by atoms with Crippen LogP contribution in [0.15, 0.2) is 35.3 Å². The van der Waals surface area contributed by atoms with Gasteiger partial charge in [0.25, 0.3) is 0 Å². The van der Waals surface area contributed by atoms with Gasteiger partial charge in [-0.1, -0.05) is 12.1 Å². The fourth-order valence-corrected chi connectivity index (χ4v) is 3.08. The SMILES string of the molecule is CCNC(=NCCCn1nc(C)cc1C)NCCc1nc2ccccc2[nH]1. The van der Waals surface area contributed by atoms with Gasteiger partial charge < -0.3 is 15.6 Å².